The smallest absolute Gasteiger partial charge is 0.419 e. The van der Waals surface area contributed by atoms with Gasteiger partial charge in [0.15, 0.2) is 5.58 Å². The molecule has 0 fully saturated rings. The molecule has 3 aromatic rings. The highest BCUT2D eigenvalue weighted by atomic mass is 32.2. The van der Waals surface area contributed by atoms with E-state index in [9.17, 15) is 22.8 Å². The number of hydrogen-bond donors (Lipinski definition) is 2. The molecule has 0 aliphatic heterocycles. The molecule has 1 amide bonds. The molecule has 0 unspecified atom stereocenters. The van der Waals surface area contributed by atoms with Crippen molar-refractivity contribution >= 4 is 50.4 Å². The molecule has 0 bridgehead atoms. The van der Waals surface area contributed by atoms with Crippen LogP contribution in [0.15, 0.2) is 56.6 Å². The second-order valence-corrected chi connectivity index (χ2v) is 10.00. The van der Waals surface area contributed by atoms with Crippen LogP contribution in [0.3, 0.4) is 0 Å². The van der Waals surface area contributed by atoms with Crippen molar-refractivity contribution in [3.63, 3.8) is 0 Å². The lowest BCUT2D eigenvalue weighted by molar-refractivity contribution is -0.117. The Balaban J connectivity index is 1.78. The summed E-state index contributed by atoms with van der Waals surface area (Å²) in [6.07, 6.45) is 2.10. The van der Waals surface area contributed by atoms with Gasteiger partial charge in [-0.2, -0.15) is 16.5 Å². The van der Waals surface area contributed by atoms with Gasteiger partial charge in [-0.05, 0) is 61.8 Å². The SMILES string of the molecule is CCOC(=O)c1ccc(NC(=O)[C@@H](CCSC)NS(=O)(=O)c2ccc3c(c2)oc(=O)n3C)cc1. The van der Waals surface area contributed by atoms with Crippen molar-refractivity contribution in [3.8, 4) is 0 Å². The minimum atomic E-state index is -4.10. The van der Waals surface area contributed by atoms with Gasteiger partial charge in [0.25, 0.3) is 0 Å². The normalized spacial score (nSPS) is 12.4. The third-order valence-electron chi connectivity index (χ3n) is 4.96. The molecule has 0 spiro atoms. The number of hydrogen-bond acceptors (Lipinski definition) is 8. The first-order valence-corrected chi connectivity index (χ1v) is 13.2. The number of oxazole rings is 1. The second kappa shape index (κ2) is 10.9. The van der Waals surface area contributed by atoms with Gasteiger partial charge in [-0.15, -0.1) is 0 Å². The van der Waals surface area contributed by atoms with Crippen LogP contribution in [0.4, 0.5) is 5.69 Å². The van der Waals surface area contributed by atoms with E-state index in [-0.39, 0.29) is 23.5 Å². The van der Waals surface area contributed by atoms with Crippen LogP contribution in [-0.2, 0) is 26.6 Å². The number of amides is 1. The van der Waals surface area contributed by atoms with E-state index in [0.29, 0.717) is 22.5 Å². The van der Waals surface area contributed by atoms with Gasteiger partial charge < -0.3 is 14.5 Å². The van der Waals surface area contributed by atoms with Gasteiger partial charge in [-0.25, -0.2) is 18.0 Å². The number of sulfonamides is 1. The lowest BCUT2D eigenvalue weighted by atomic mass is 10.2. The fourth-order valence-corrected chi connectivity index (χ4v) is 4.87. The van der Waals surface area contributed by atoms with Crippen LogP contribution >= 0.6 is 11.8 Å². The second-order valence-electron chi connectivity index (χ2n) is 7.30. The number of esters is 1. The highest BCUT2D eigenvalue weighted by molar-refractivity contribution is 7.98. The van der Waals surface area contributed by atoms with E-state index in [1.807, 2.05) is 6.26 Å². The zero-order chi connectivity index (χ0) is 24.9. The molecule has 0 saturated carbocycles. The zero-order valence-corrected chi connectivity index (χ0v) is 20.5. The Kier molecular flexibility index (Phi) is 8.18. The first-order valence-electron chi connectivity index (χ1n) is 10.3. The summed E-state index contributed by atoms with van der Waals surface area (Å²) < 4.78 is 39.7. The topological polar surface area (TPSA) is 137 Å². The van der Waals surface area contributed by atoms with Crippen molar-refractivity contribution in [1.29, 1.82) is 0 Å². The number of ether oxygens (including phenoxy) is 1. The highest BCUT2D eigenvalue weighted by Crippen LogP contribution is 2.19. The van der Waals surface area contributed by atoms with Crippen molar-refractivity contribution in [2.75, 3.05) is 23.9 Å². The summed E-state index contributed by atoms with van der Waals surface area (Å²) in [7, 11) is -2.58. The number of rotatable bonds is 10. The Morgan fingerprint density at radius 1 is 1.18 bits per heavy atom. The predicted molar refractivity (Wildman–Crippen MR) is 130 cm³/mol. The van der Waals surface area contributed by atoms with Crippen LogP contribution < -0.4 is 15.8 Å². The van der Waals surface area contributed by atoms with Gasteiger partial charge in [0.1, 0.15) is 6.04 Å². The highest BCUT2D eigenvalue weighted by Gasteiger charge is 2.26. The maximum Gasteiger partial charge on any atom is 0.419 e. The van der Waals surface area contributed by atoms with Crippen molar-refractivity contribution in [1.82, 2.24) is 9.29 Å². The molecule has 0 aliphatic rings. The fourth-order valence-electron chi connectivity index (χ4n) is 3.15. The largest absolute Gasteiger partial charge is 0.462 e. The number of carbonyl (C=O) groups excluding carboxylic acids is 2. The number of carbonyl (C=O) groups is 2. The van der Waals surface area contributed by atoms with Crippen molar-refractivity contribution in [3.05, 3.63) is 58.6 Å². The summed E-state index contributed by atoms with van der Waals surface area (Å²) in [6.45, 7) is 1.95. The molecule has 2 aromatic carbocycles. The van der Waals surface area contributed by atoms with E-state index in [2.05, 4.69) is 10.0 Å². The molecule has 0 radical (unpaired) electrons. The maximum atomic E-state index is 13.0. The van der Waals surface area contributed by atoms with E-state index in [1.54, 1.807) is 6.92 Å². The Hall–Kier alpha value is -3.09. The molecule has 12 heteroatoms. The van der Waals surface area contributed by atoms with Crippen LogP contribution in [0.1, 0.15) is 23.7 Å². The molecular formula is C22H25N3O7S2. The van der Waals surface area contributed by atoms with Gasteiger partial charge >= 0.3 is 11.7 Å². The van der Waals surface area contributed by atoms with Crippen molar-refractivity contribution in [2.24, 2.45) is 7.05 Å². The Morgan fingerprint density at radius 3 is 2.53 bits per heavy atom. The number of thioether (sulfide) groups is 1. The average Bonchev–Trinajstić information content (AvgIpc) is 3.10. The Labute approximate surface area is 200 Å². The minimum Gasteiger partial charge on any atom is -0.462 e. The van der Waals surface area contributed by atoms with E-state index in [4.69, 9.17) is 9.15 Å². The Morgan fingerprint density at radius 2 is 1.88 bits per heavy atom. The van der Waals surface area contributed by atoms with Gasteiger partial charge in [-0.3, -0.25) is 9.36 Å². The molecule has 2 N–H and O–H groups in total. The number of aryl methyl sites for hydroxylation is 1. The summed E-state index contributed by atoms with van der Waals surface area (Å²) in [5.41, 5.74) is 1.32. The number of fused-ring (bicyclic) bond motifs is 1. The molecular weight excluding hydrogens is 482 g/mol. The first-order chi connectivity index (χ1) is 16.2. The molecule has 10 nitrogen and oxygen atoms in total. The molecule has 1 heterocycles. The number of aromatic nitrogens is 1. The summed E-state index contributed by atoms with van der Waals surface area (Å²) in [4.78, 5) is 36.3. The minimum absolute atomic E-state index is 0.127. The van der Waals surface area contributed by atoms with Crippen molar-refractivity contribution in [2.45, 2.75) is 24.3 Å². The van der Waals surface area contributed by atoms with Crippen LogP contribution in [0.2, 0.25) is 0 Å². The number of benzene rings is 2. The average molecular weight is 508 g/mol. The molecule has 34 heavy (non-hydrogen) atoms. The molecule has 182 valence electrons. The standard InChI is InChI=1S/C22H25N3O7S2/c1-4-31-21(27)14-5-7-15(8-6-14)23-20(26)17(11-12-33-3)24-34(29,30)16-9-10-18-19(13-16)32-22(28)25(18)2/h5-10,13,17,24H,4,11-12H2,1-3H3,(H,23,26)/t17-/m1/s1. The first kappa shape index (κ1) is 25.5. The van der Waals surface area contributed by atoms with Gasteiger partial charge in [0.2, 0.25) is 15.9 Å². The van der Waals surface area contributed by atoms with E-state index >= 15 is 0 Å². The number of nitrogens with zero attached hydrogens (tertiary/aromatic N) is 1. The van der Waals surface area contributed by atoms with E-state index < -0.39 is 33.7 Å². The van der Waals surface area contributed by atoms with E-state index in [1.165, 1.54) is 65.8 Å². The van der Waals surface area contributed by atoms with Crippen LogP contribution in [0.25, 0.3) is 11.1 Å². The molecule has 0 saturated heterocycles. The van der Waals surface area contributed by atoms with Gasteiger partial charge in [0, 0.05) is 18.8 Å². The quantitative estimate of drug-likeness (QED) is 0.399. The summed E-state index contributed by atoms with van der Waals surface area (Å²) in [5.74, 6) is -1.09. The number of nitrogens with one attached hydrogen (secondary N) is 2. The van der Waals surface area contributed by atoms with E-state index in [0.717, 1.165) is 0 Å². The lowest BCUT2D eigenvalue weighted by Gasteiger charge is -2.18. The monoisotopic (exact) mass is 507 g/mol. The van der Waals surface area contributed by atoms with Crippen LogP contribution in [-0.4, -0.2) is 49.5 Å². The van der Waals surface area contributed by atoms with Gasteiger partial charge in [0.05, 0.1) is 22.6 Å². The predicted octanol–water partition coefficient (Wildman–Crippen LogP) is 2.35. The summed E-state index contributed by atoms with van der Waals surface area (Å²) in [6, 6.07) is 9.10. The van der Waals surface area contributed by atoms with Crippen LogP contribution in [0, 0.1) is 0 Å². The molecule has 0 aliphatic carbocycles. The molecule has 3 rings (SSSR count). The van der Waals surface area contributed by atoms with Crippen molar-refractivity contribution < 1.29 is 27.2 Å². The van der Waals surface area contributed by atoms with Gasteiger partial charge in [-0.1, -0.05) is 0 Å². The maximum absolute atomic E-state index is 13.0. The van der Waals surface area contributed by atoms with Crippen LogP contribution in [0.5, 0.6) is 0 Å². The Bertz CT molecular complexity index is 1350. The summed E-state index contributed by atoms with van der Waals surface area (Å²) in [5, 5.41) is 2.67. The molecule has 1 aromatic heterocycles. The number of anilines is 1. The third kappa shape index (κ3) is 5.88. The lowest BCUT2D eigenvalue weighted by Crippen LogP contribution is -2.44. The zero-order valence-electron chi connectivity index (χ0n) is 18.9. The fraction of sp³-hybridized carbons (Fsp3) is 0.318. The molecule has 1 atom stereocenters. The summed E-state index contributed by atoms with van der Waals surface area (Å²) >= 11 is 1.47. The third-order valence-corrected chi connectivity index (χ3v) is 7.08.